The lowest BCUT2D eigenvalue weighted by Crippen LogP contribution is -2.23. The highest BCUT2D eigenvalue weighted by atomic mass is 79.9. The van der Waals surface area contributed by atoms with Gasteiger partial charge in [0.05, 0.1) is 12.6 Å². The number of aromatic nitrogens is 2. The molecule has 0 atom stereocenters. The van der Waals surface area contributed by atoms with Gasteiger partial charge in [0.25, 0.3) is 5.56 Å². The van der Waals surface area contributed by atoms with Gasteiger partial charge < -0.3 is 5.10 Å². The van der Waals surface area contributed by atoms with Crippen LogP contribution >= 0.6 is 15.9 Å². The Labute approximate surface area is 123 Å². The molecule has 2 rings (SSSR count). The van der Waals surface area contributed by atoms with Crippen molar-refractivity contribution in [2.75, 3.05) is 0 Å². The summed E-state index contributed by atoms with van der Waals surface area (Å²) in [6, 6.07) is 7.49. The van der Waals surface area contributed by atoms with Gasteiger partial charge in [-0.2, -0.15) is 5.10 Å². The van der Waals surface area contributed by atoms with E-state index in [1.807, 2.05) is 24.3 Å². The van der Waals surface area contributed by atoms with Crippen LogP contribution in [0.25, 0.3) is 0 Å². The molecule has 0 fully saturated rings. The standard InChI is InChI=1S/C13H13BrN4O2/c1-8-11(13(20)18-16-8)6-12(19)17-15-7-9-2-4-10(14)5-3-9/h2-5,7H,6H2,1H3,(H,17,19)(H2,16,18,20)/b15-7-. The molecule has 1 amide bonds. The van der Waals surface area contributed by atoms with E-state index in [0.717, 1.165) is 10.0 Å². The van der Waals surface area contributed by atoms with E-state index in [9.17, 15) is 9.59 Å². The molecule has 0 saturated heterocycles. The number of carbonyl (C=O) groups excluding carboxylic acids is 1. The maximum atomic E-state index is 11.7. The molecule has 2 aromatic rings. The smallest absolute Gasteiger partial charge is 0.267 e. The summed E-state index contributed by atoms with van der Waals surface area (Å²) in [5, 5.41) is 8.94. The van der Waals surface area contributed by atoms with Crippen molar-refractivity contribution in [3.8, 4) is 0 Å². The van der Waals surface area contributed by atoms with Crippen LogP contribution in [0, 0.1) is 6.92 Å². The lowest BCUT2D eigenvalue weighted by molar-refractivity contribution is -0.120. The summed E-state index contributed by atoms with van der Waals surface area (Å²) in [6.07, 6.45) is 1.53. The number of H-pyrrole nitrogens is 2. The molecule has 20 heavy (non-hydrogen) atoms. The third-order valence-corrected chi connectivity index (χ3v) is 3.23. The van der Waals surface area contributed by atoms with Gasteiger partial charge in [-0.05, 0) is 24.6 Å². The zero-order valence-corrected chi connectivity index (χ0v) is 12.3. The molecule has 0 spiro atoms. The van der Waals surface area contributed by atoms with Gasteiger partial charge in [-0.1, -0.05) is 28.1 Å². The normalized spacial score (nSPS) is 10.9. The van der Waals surface area contributed by atoms with Crippen LogP contribution in [-0.4, -0.2) is 22.3 Å². The fraction of sp³-hybridized carbons (Fsp3) is 0.154. The van der Waals surface area contributed by atoms with E-state index >= 15 is 0 Å². The Bertz CT molecular complexity index is 685. The van der Waals surface area contributed by atoms with Crippen molar-refractivity contribution in [1.82, 2.24) is 15.6 Å². The van der Waals surface area contributed by atoms with Crippen molar-refractivity contribution in [3.05, 3.63) is 55.9 Å². The van der Waals surface area contributed by atoms with Gasteiger partial charge in [0.1, 0.15) is 0 Å². The number of rotatable bonds is 4. The van der Waals surface area contributed by atoms with E-state index in [0.29, 0.717) is 11.3 Å². The van der Waals surface area contributed by atoms with Crippen molar-refractivity contribution in [2.45, 2.75) is 13.3 Å². The Balaban J connectivity index is 1.92. The molecular weight excluding hydrogens is 324 g/mol. The summed E-state index contributed by atoms with van der Waals surface area (Å²) in [7, 11) is 0. The molecular formula is C13H13BrN4O2. The third-order valence-electron chi connectivity index (χ3n) is 2.70. The minimum atomic E-state index is -0.341. The molecule has 0 aliphatic heterocycles. The number of nitrogens with zero attached hydrogens (tertiary/aromatic N) is 1. The van der Waals surface area contributed by atoms with E-state index in [2.05, 4.69) is 36.7 Å². The molecule has 1 aromatic carbocycles. The number of aromatic amines is 2. The number of nitrogens with one attached hydrogen (secondary N) is 3. The second-order valence-corrected chi connectivity index (χ2v) is 5.12. The fourth-order valence-corrected chi connectivity index (χ4v) is 1.88. The SMILES string of the molecule is Cc1[nH][nH]c(=O)c1CC(=O)N/N=C\c1ccc(Br)cc1. The Morgan fingerprint density at radius 2 is 2.05 bits per heavy atom. The molecule has 3 N–H and O–H groups in total. The summed E-state index contributed by atoms with van der Waals surface area (Å²) in [5.74, 6) is -0.341. The van der Waals surface area contributed by atoms with Crippen LogP contribution in [0.15, 0.2) is 38.6 Å². The molecule has 0 saturated carbocycles. The summed E-state index contributed by atoms with van der Waals surface area (Å²) < 4.78 is 0.973. The molecule has 1 aromatic heterocycles. The summed E-state index contributed by atoms with van der Waals surface area (Å²) in [5.41, 5.74) is 4.05. The van der Waals surface area contributed by atoms with Gasteiger partial charge in [-0.15, -0.1) is 0 Å². The molecule has 0 aliphatic rings. The number of halogens is 1. The predicted octanol–water partition coefficient (Wildman–Crippen LogP) is 1.47. The number of aryl methyl sites for hydroxylation is 1. The van der Waals surface area contributed by atoms with Crippen molar-refractivity contribution in [3.63, 3.8) is 0 Å². The number of benzene rings is 1. The van der Waals surface area contributed by atoms with Gasteiger partial charge in [0.15, 0.2) is 0 Å². The maximum Gasteiger partial charge on any atom is 0.267 e. The monoisotopic (exact) mass is 336 g/mol. The van der Waals surface area contributed by atoms with Crippen LogP contribution in [0.1, 0.15) is 16.8 Å². The van der Waals surface area contributed by atoms with E-state index < -0.39 is 0 Å². The lowest BCUT2D eigenvalue weighted by atomic mass is 10.2. The quantitative estimate of drug-likeness (QED) is 0.582. The van der Waals surface area contributed by atoms with E-state index in [1.165, 1.54) is 0 Å². The first-order valence-electron chi connectivity index (χ1n) is 5.90. The average Bonchev–Trinajstić information content (AvgIpc) is 2.73. The number of hydrogen-bond acceptors (Lipinski definition) is 3. The van der Waals surface area contributed by atoms with Gasteiger partial charge >= 0.3 is 0 Å². The van der Waals surface area contributed by atoms with E-state index in [4.69, 9.17) is 0 Å². The zero-order valence-electron chi connectivity index (χ0n) is 10.7. The Hall–Kier alpha value is -2.15. The highest BCUT2D eigenvalue weighted by molar-refractivity contribution is 9.10. The minimum absolute atomic E-state index is 0.0116. The maximum absolute atomic E-state index is 11.7. The van der Waals surface area contributed by atoms with E-state index in [-0.39, 0.29) is 17.9 Å². The van der Waals surface area contributed by atoms with Crippen LogP contribution in [0.2, 0.25) is 0 Å². The fourth-order valence-electron chi connectivity index (χ4n) is 1.61. The van der Waals surface area contributed by atoms with Crippen LogP contribution in [-0.2, 0) is 11.2 Å². The Kier molecular flexibility index (Phi) is 4.52. The van der Waals surface area contributed by atoms with Gasteiger partial charge in [0.2, 0.25) is 5.91 Å². The second-order valence-electron chi connectivity index (χ2n) is 4.20. The zero-order chi connectivity index (χ0) is 14.5. The van der Waals surface area contributed by atoms with Crippen molar-refractivity contribution in [1.29, 1.82) is 0 Å². The summed E-state index contributed by atoms with van der Waals surface area (Å²) >= 11 is 3.33. The molecule has 104 valence electrons. The topological polar surface area (TPSA) is 90.1 Å². The Morgan fingerprint density at radius 1 is 1.35 bits per heavy atom. The minimum Gasteiger partial charge on any atom is -0.302 e. The highest BCUT2D eigenvalue weighted by Gasteiger charge is 2.10. The highest BCUT2D eigenvalue weighted by Crippen LogP contribution is 2.08. The molecule has 0 bridgehead atoms. The number of hydrogen-bond donors (Lipinski definition) is 3. The Morgan fingerprint density at radius 3 is 2.65 bits per heavy atom. The molecule has 1 heterocycles. The van der Waals surface area contributed by atoms with Crippen LogP contribution in [0.3, 0.4) is 0 Å². The first-order valence-corrected chi connectivity index (χ1v) is 6.69. The average molecular weight is 337 g/mol. The van der Waals surface area contributed by atoms with Crippen molar-refractivity contribution < 1.29 is 4.79 Å². The van der Waals surface area contributed by atoms with E-state index in [1.54, 1.807) is 13.1 Å². The summed E-state index contributed by atoms with van der Waals surface area (Å²) in [6.45, 7) is 1.73. The van der Waals surface area contributed by atoms with Gasteiger partial charge in [0, 0.05) is 15.7 Å². The largest absolute Gasteiger partial charge is 0.302 e. The second kappa shape index (κ2) is 6.33. The van der Waals surface area contributed by atoms with Gasteiger partial charge in [-0.3, -0.25) is 14.7 Å². The van der Waals surface area contributed by atoms with Crippen LogP contribution in [0.5, 0.6) is 0 Å². The number of hydrazone groups is 1. The number of amides is 1. The molecule has 7 heteroatoms. The predicted molar refractivity (Wildman–Crippen MR) is 79.7 cm³/mol. The van der Waals surface area contributed by atoms with Crippen molar-refractivity contribution in [2.24, 2.45) is 5.10 Å². The lowest BCUT2D eigenvalue weighted by Gasteiger charge is -1.98. The van der Waals surface area contributed by atoms with Crippen LogP contribution in [0.4, 0.5) is 0 Å². The molecule has 0 unspecified atom stereocenters. The van der Waals surface area contributed by atoms with Gasteiger partial charge in [-0.25, -0.2) is 5.43 Å². The first kappa shape index (κ1) is 14.3. The van der Waals surface area contributed by atoms with Crippen LogP contribution < -0.4 is 11.0 Å². The molecule has 0 radical (unpaired) electrons. The first-order chi connectivity index (χ1) is 9.56. The van der Waals surface area contributed by atoms with Crippen molar-refractivity contribution >= 4 is 28.1 Å². The summed E-state index contributed by atoms with van der Waals surface area (Å²) in [4.78, 5) is 23.1. The third kappa shape index (κ3) is 3.67. The number of carbonyl (C=O) groups is 1. The molecule has 6 nitrogen and oxygen atoms in total. The molecule has 0 aliphatic carbocycles.